The summed E-state index contributed by atoms with van der Waals surface area (Å²) in [5.41, 5.74) is 7.59. The number of thioether (sulfide) groups is 1. The number of carbonyl (C=O) groups is 1. The lowest BCUT2D eigenvalue weighted by Gasteiger charge is -2.30. The van der Waals surface area contributed by atoms with E-state index < -0.39 is 0 Å². The Labute approximate surface area is 118 Å². The van der Waals surface area contributed by atoms with Gasteiger partial charge in [-0.15, -0.1) is 11.8 Å². The molecule has 0 aromatic heterocycles. The number of nitrogens with zero attached hydrogens (tertiary/aromatic N) is 1. The highest BCUT2D eigenvalue weighted by atomic mass is 32.2. The van der Waals surface area contributed by atoms with Crippen LogP contribution in [-0.4, -0.2) is 31.4 Å². The molecule has 4 nitrogen and oxygen atoms in total. The van der Waals surface area contributed by atoms with Gasteiger partial charge in [0, 0.05) is 22.9 Å². The Morgan fingerprint density at radius 3 is 3.16 bits per heavy atom. The largest absolute Gasteiger partial charge is 0.464 e. The molecule has 0 saturated heterocycles. The molecule has 0 spiro atoms. The van der Waals surface area contributed by atoms with Crippen LogP contribution in [0.15, 0.2) is 23.1 Å². The van der Waals surface area contributed by atoms with E-state index in [9.17, 15) is 4.79 Å². The van der Waals surface area contributed by atoms with Crippen LogP contribution in [0.2, 0.25) is 0 Å². The molecule has 5 heteroatoms. The average molecular weight is 280 g/mol. The molecule has 0 bridgehead atoms. The highest BCUT2D eigenvalue weighted by Gasteiger charge is 2.20. The van der Waals surface area contributed by atoms with Gasteiger partial charge in [0.25, 0.3) is 0 Å². The molecular weight excluding hydrogens is 260 g/mol. The monoisotopic (exact) mass is 280 g/mol. The van der Waals surface area contributed by atoms with Gasteiger partial charge < -0.3 is 15.4 Å². The fourth-order valence-corrected chi connectivity index (χ4v) is 3.02. The van der Waals surface area contributed by atoms with Gasteiger partial charge in [-0.1, -0.05) is 13.3 Å². The van der Waals surface area contributed by atoms with Crippen LogP contribution in [0.1, 0.15) is 19.8 Å². The van der Waals surface area contributed by atoms with Crippen LogP contribution >= 0.6 is 11.8 Å². The molecule has 0 saturated carbocycles. The van der Waals surface area contributed by atoms with Gasteiger partial charge >= 0.3 is 5.97 Å². The maximum Gasteiger partial charge on any atom is 0.325 e. The minimum Gasteiger partial charge on any atom is -0.464 e. The Morgan fingerprint density at radius 2 is 2.37 bits per heavy atom. The second-order valence-electron chi connectivity index (χ2n) is 4.57. The summed E-state index contributed by atoms with van der Waals surface area (Å²) in [6, 6.07) is 5.85. The van der Waals surface area contributed by atoms with Crippen molar-refractivity contribution in [3.63, 3.8) is 0 Å². The number of nitrogens with two attached hydrogens (primary N) is 1. The zero-order valence-electron chi connectivity index (χ0n) is 11.2. The first-order valence-electron chi connectivity index (χ1n) is 6.63. The number of anilines is 2. The maximum absolute atomic E-state index is 11.8. The van der Waals surface area contributed by atoms with Crippen LogP contribution in [0.3, 0.4) is 0 Å². The van der Waals surface area contributed by atoms with E-state index in [4.69, 9.17) is 10.5 Å². The second kappa shape index (κ2) is 6.70. The van der Waals surface area contributed by atoms with Gasteiger partial charge in [0.05, 0.1) is 12.3 Å². The Balaban J connectivity index is 1.99. The van der Waals surface area contributed by atoms with Crippen LogP contribution in [0.4, 0.5) is 11.4 Å². The lowest BCUT2D eigenvalue weighted by atomic mass is 10.2. The van der Waals surface area contributed by atoms with Crippen molar-refractivity contribution in [2.75, 3.05) is 36.1 Å². The summed E-state index contributed by atoms with van der Waals surface area (Å²) in [5.74, 6) is 0.827. The van der Waals surface area contributed by atoms with Gasteiger partial charge in [0.15, 0.2) is 0 Å². The number of ether oxygens (including phenoxy) is 1. The second-order valence-corrected chi connectivity index (χ2v) is 5.71. The zero-order chi connectivity index (χ0) is 13.7. The third-order valence-corrected chi connectivity index (χ3v) is 4.07. The van der Waals surface area contributed by atoms with Crippen molar-refractivity contribution in [3.05, 3.63) is 18.2 Å². The Hall–Kier alpha value is -1.36. The lowest BCUT2D eigenvalue weighted by Crippen LogP contribution is -2.35. The Bertz CT molecular complexity index is 451. The van der Waals surface area contributed by atoms with E-state index in [0.717, 1.165) is 36.5 Å². The van der Waals surface area contributed by atoms with E-state index >= 15 is 0 Å². The van der Waals surface area contributed by atoms with E-state index in [0.29, 0.717) is 13.2 Å². The number of carbonyl (C=O) groups excluding carboxylic acids is 1. The van der Waals surface area contributed by atoms with E-state index in [1.54, 1.807) is 11.8 Å². The summed E-state index contributed by atoms with van der Waals surface area (Å²) < 4.78 is 5.21. The summed E-state index contributed by atoms with van der Waals surface area (Å²) in [6.07, 6.45) is 1.96. The highest BCUT2D eigenvalue weighted by Crippen LogP contribution is 2.35. The maximum atomic E-state index is 11.8. The molecule has 2 N–H and O–H groups in total. The van der Waals surface area contributed by atoms with Gasteiger partial charge in [-0.25, -0.2) is 0 Å². The first-order valence-corrected chi connectivity index (χ1v) is 7.62. The third kappa shape index (κ3) is 3.80. The minimum atomic E-state index is -0.159. The summed E-state index contributed by atoms with van der Waals surface area (Å²) in [6.45, 7) is 3.75. The lowest BCUT2D eigenvalue weighted by molar-refractivity contribution is -0.142. The number of hydrogen-bond donors (Lipinski definition) is 1. The molecule has 0 aliphatic carbocycles. The smallest absolute Gasteiger partial charge is 0.325 e. The number of hydrogen-bond acceptors (Lipinski definition) is 5. The van der Waals surface area contributed by atoms with Crippen molar-refractivity contribution in [2.24, 2.45) is 0 Å². The number of benzene rings is 1. The molecule has 0 atom stereocenters. The average Bonchev–Trinajstić information content (AvgIpc) is 2.40. The van der Waals surface area contributed by atoms with Crippen molar-refractivity contribution in [1.82, 2.24) is 0 Å². The Morgan fingerprint density at radius 1 is 1.53 bits per heavy atom. The predicted molar refractivity (Wildman–Crippen MR) is 79.7 cm³/mol. The molecule has 1 aromatic carbocycles. The molecule has 0 radical (unpaired) electrons. The predicted octanol–water partition coefficient (Wildman–Crippen LogP) is 2.52. The molecule has 1 aromatic rings. The molecule has 0 fully saturated rings. The van der Waals surface area contributed by atoms with Crippen molar-refractivity contribution in [1.29, 1.82) is 0 Å². The van der Waals surface area contributed by atoms with Crippen molar-refractivity contribution in [2.45, 2.75) is 24.7 Å². The first-order chi connectivity index (χ1) is 9.20. The molecule has 1 aliphatic heterocycles. The van der Waals surface area contributed by atoms with Crippen LogP contribution < -0.4 is 10.6 Å². The molecule has 104 valence electrons. The van der Waals surface area contributed by atoms with Crippen LogP contribution in [0, 0.1) is 0 Å². The summed E-state index contributed by atoms with van der Waals surface area (Å²) >= 11 is 1.80. The van der Waals surface area contributed by atoms with Gasteiger partial charge in [0.1, 0.15) is 6.54 Å². The van der Waals surface area contributed by atoms with E-state index in [1.807, 2.05) is 18.2 Å². The van der Waals surface area contributed by atoms with Crippen LogP contribution in [0.5, 0.6) is 0 Å². The summed E-state index contributed by atoms with van der Waals surface area (Å²) in [4.78, 5) is 15.0. The molecule has 2 rings (SSSR count). The highest BCUT2D eigenvalue weighted by molar-refractivity contribution is 7.99. The quantitative estimate of drug-likeness (QED) is 0.510. The van der Waals surface area contributed by atoms with Gasteiger partial charge in [-0.2, -0.15) is 0 Å². The minimum absolute atomic E-state index is 0.159. The van der Waals surface area contributed by atoms with Gasteiger partial charge in [-0.3, -0.25) is 4.79 Å². The zero-order valence-corrected chi connectivity index (χ0v) is 12.0. The molecule has 1 aliphatic rings. The van der Waals surface area contributed by atoms with E-state index in [-0.39, 0.29) is 5.97 Å². The van der Waals surface area contributed by atoms with Crippen LogP contribution in [-0.2, 0) is 9.53 Å². The molecule has 19 heavy (non-hydrogen) atoms. The standard InChI is InChI=1S/C14H20N2O2S/c1-2-3-7-18-14(17)10-16-6-8-19-13-5-4-11(15)9-12(13)16/h4-5,9H,2-3,6-8,10,15H2,1H3. The van der Waals surface area contributed by atoms with Crippen molar-refractivity contribution in [3.8, 4) is 0 Å². The molecule has 1 heterocycles. The molecule has 0 amide bonds. The van der Waals surface area contributed by atoms with E-state index in [1.165, 1.54) is 4.90 Å². The fourth-order valence-electron chi connectivity index (χ4n) is 1.99. The number of esters is 1. The van der Waals surface area contributed by atoms with Gasteiger partial charge in [-0.05, 0) is 24.6 Å². The molecule has 0 unspecified atom stereocenters. The Kier molecular flexibility index (Phi) is 4.96. The molecular formula is C14H20N2O2S. The topological polar surface area (TPSA) is 55.6 Å². The van der Waals surface area contributed by atoms with Crippen molar-refractivity contribution < 1.29 is 9.53 Å². The SMILES string of the molecule is CCCCOC(=O)CN1CCSc2ccc(N)cc21. The number of unbranched alkanes of at least 4 members (excludes halogenated alkanes) is 1. The summed E-state index contributed by atoms with van der Waals surface area (Å²) in [7, 11) is 0. The number of nitrogen functional groups attached to an aromatic ring is 1. The van der Waals surface area contributed by atoms with Crippen LogP contribution in [0.25, 0.3) is 0 Å². The van der Waals surface area contributed by atoms with E-state index in [2.05, 4.69) is 11.8 Å². The normalized spacial score (nSPS) is 14.1. The third-order valence-electron chi connectivity index (χ3n) is 3.02. The number of fused-ring (bicyclic) bond motifs is 1. The fraction of sp³-hybridized carbons (Fsp3) is 0.500. The van der Waals surface area contributed by atoms with Crippen molar-refractivity contribution >= 4 is 29.1 Å². The van der Waals surface area contributed by atoms with Gasteiger partial charge in [0.2, 0.25) is 0 Å². The summed E-state index contributed by atoms with van der Waals surface area (Å²) in [5, 5.41) is 0. The first kappa shape index (κ1) is 14.1. The number of rotatable bonds is 5.